The summed E-state index contributed by atoms with van der Waals surface area (Å²) in [6.45, 7) is 6.22. The number of nitro benzene ring substituents is 1. The number of nitrogens with one attached hydrogen (secondary N) is 1. The molecule has 1 atom stereocenters. The van der Waals surface area contributed by atoms with Crippen molar-refractivity contribution >= 4 is 21.4 Å². The first-order valence-corrected chi connectivity index (χ1v) is 7.67. The molecule has 1 unspecified atom stereocenters. The molecule has 0 heterocycles. The summed E-state index contributed by atoms with van der Waals surface area (Å²) in [6.07, 6.45) is 0. The fourth-order valence-corrected chi connectivity index (χ4v) is 2.70. The van der Waals surface area contributed by atoms with Crippen LogP contribution >= 0.6 is 0 Å². The van der Waals surface area contributed by atoms with Crippen LogP contribution in [0.15, 0.2) is 23.1 Å². The molecular formula is C12H19N3O4S. The molecule has 0 aliphatic carbocycles. The molecule has 0 radical (unpaired) electrons. The Morgan fingerprint density at radius 3 is 2.40 bits per heavy atom. The average Bonchev–Trinajstić information content (AvgIpc) is 2.35. The van der Waals surface area contributed by atoms with Gasteiger partial charge in [-0.3, -0.25) is 10.1 Å². The number of benzene rings is 1. The Hall–Kier alpha value is -1.67. The van der Waals surface area contributed by atoms with Gasteiger partial charge in [0.05, 0.1) is 10.6 Å². The molecule has 0 bridgehead atoms. The lowest BCUT2D eigenvalue weighted by atomic mass is 9.99. The summed E-state index contributed by atoms with van der Waals surface area (Å²) in [6, 6.07) is 3.31. The number of sulfonamides is 1. The zero-order valence-corrected chi connectivity index (χ0v) is 12.5. The summed E-state index contributed by atoms with van der Waals surface area (Å²) in [5.41, 5.74) is 5.21. The van der Waals surface area contributed by atoms with Crippen molar-refractivity contribution < 1.29 is 13.3 Å². The van der Waals surface area contributed by atoms with Crippen molar-refractivity contribution in [3.05, 3.63) is 28.3 Å². The van der Waals surface area contributed by atoms with E-state index in [4.69, 9.17) is 5.73 Å². The Balaban J connectivity index is 2.96. The molecular weight excluding hydrogens is 282 g/mol. The molecule has 0 fully saturated rings. The first-order chi connectivity index (χ1) is 9.15. The summed E-state index contributed by atoms with van der Waals surface area (Å²) in [4.78, 5) is 9.83. The molecule has 8 heteroatoms. The highest BCUT2D eigenvalue weighted by molar-refractivity contribution is 7.89. The van der Waals surface area contributed by atoms with E-state index in [1.807, 2.05) is 20.8 Å². The SMILES string of the molecule is CC(C)C(C)CNS(=O)(=O)c1ccc([N+](=O)[O-])cc1N. The number of anilines is 1. The van der Waals surface area contributed by atoms with Gasteiger partial charge in [-0.2, -0.15) is 0 Å². The van der Waals surface area contributed by atoms with E-state index in [0.717, 1.165) is 18.2 Å². The maximum atomic E-state index is 12.1. The molecule has 112 valence electrons. The van der Waals surface area contributed by atoms with Gasteiger partial charge < -0.3 is 5.73 Å². The standard InChI is InChI=1S/C12H19N3O4S/c1-8(2)9(3)7-14-20(18,19)12-5-4-10(15(16)17)6-11(12)13/h4-6,8-9,14H,7,13H2,1-3H3. The Kier molecular flexibility index (Phi) is 5.07. The summed E-state index contributed by atoms with van der Waals surface area (Å²) < 4.78 is 26.7. The highest BCUT2D eigenvalue weighted by Gasteiger charge is 2.21. The Morgan fingerprint density at radius 1 is 1.35 bits per heavy atom. The third-order valence-electron chi connectivity index (χ3n) is 3.23. The maximum absolute atomic E-state index is 12.1. The zero-order valence-electron chi connectivity index (χ0n) is 11.7. The molecule has 1 aromatic rings. The Bertz CT molecular complexity index is 599. The van der Waals surface area contributed by atoms with Gasteiger partial charge in [0.1, 0.15) is 4.90 Å². The van der Waals surface area contributed by atoms with Gasteiger partial charge in [-0.1, -0.05) is 20.8 Å². The fourth-order valence-electron chi connectivity index (χ4n) is 1.45. The molecule has 20 heavy (non-hydrogen) atoms. The molecule has 0 amide bonds. The van der Waals surface area contributed by atoms with E-state index in [0.29, 0.717) is 5.92 Å². The second-order valence-electron chi connectivity index (χ2n) is 5.05. The maximum Gasteiger partial charge on any atom is 0.271 e. The number of nitrogens with two attached hydrogens (primary N) is 1. The molecule has 0 aliphatic heterocycles. The topological polar surface area (TPSA) is 115 Å². The smallest absolute Gasteiger partial charge is 0.271 e. The van der Waals surface area contributed by atoms with Crippen molar-refractivity contribution in [2.75, 3.05) is 12.3 Å². The minimum absolute atomic E-state index is 0.135. The average molecular weight is 301 g/mol. The van der Waals surface area contributed by atoms with Crippen LogP contribution in [0.5, 0.6) is 0 Å². The fraction of sp³-hybridized carbons (Fsp3) is 0.500. The lowest BCUT2D eigenvalue weighted by molar-refractivity contribution is -0.384. The minimum Gasteiger partial charge on any atom is -0.397 e. The van der Waals surface area contributed by atoms with E-state index in [-0.39, 0.29) is 28.7 Å². The third-order valence-corrected chi connectivity index (χ3v) is 4.72. The van der Waals surface area contributed by atoms with Gasteiger partial charge >= 0.3 is 0 Å². The van der Waals surface area contributed by atoms with E-state index in [1.165, 1.54) is 0 Å². The molecule has 0 saturated carbocycles. The van der Waals surface area contributed by atoms with Crippen LogP contribution in [0.3, 0.4) is 0 Å². The highest BCUT2D eigenvalue weighted by atomic mass is 32.2. The predicted molar refractivity (Wildman–Crippen MR) is 76.7 cm³/mol. The molecule has 0 aliphatic rings. The van der Waals surface area contributed by atoms with Crippen LogP contribution in [0.4, 0.5) is 11.4 Å². The number of nitrogens with zero attached hydrogens (tertiary/aromatic N) is 1. The number of hydrogen-bond donors (Lipinski definition) is 2. The lowest BCUT2D eigenvalue weighted by Gasteiger charge is -2.16. The molecule has 3 N–H and O–H groups in total. The van der Waals surface area contributed by atoms with Gasteiger partial charge in [-0.25, -0.2) is 13.1 Å². The van der Waals surface area contributed by atoms with Crippen molar-refractivity contribution in [1.82, 2.24) is 4.72 Å². The van der Waals surface area contributed by atoms with Crippen LogP contribution in [0.1, 0.15) is 20.8 Å². The van der Waals surface area contributed by atoms with E-state index in [9.17, 15) is 18.5 Å². The second-order valence-corrected chi connectivity index (χ2v) is 6.79. The normalized spacial score (nSPS) is 13.4. The Labute approximate surface area is 118 Å². The lowest BCUT2D eigenvalue weighted by Crippen LogP contribution is -2.30. The van der Waals surface area contributed by atoms with Crippen molar-refractivity contribution in [3.63, 3.8) is 0 Å². The second kappa shape index (κ2) is 6.19. The van der Waals surface area contributed by atoms with Crippen molar-refractivity contribution in [3.8, 4) is 0 Å². The zero-order chi connectivity index (χ0) is 15.5. The van der Waals surface area contributed by atoms with Gasteiger partial charge in [-0.15, -0.1) is 0 Å². The summed E-state index contributed by atoms with van der Waals surface area (Å²) >= 11 is 0. The third kappa shape index (κ3) is 3.91. The van der Waals surface area contributed by atoms with Gasteiger partial charge in [-0.05, 0) is 17.9 Å². The number of hydrogen-bond acceptors (Lipinski definition) is 5. The largest absolute Gasteiger partial charge is 0.397 e. The van der Waals surface area contributed by atoms with Crippen LogP contribution in [-0.4, -0.2) is 19.9 Å². The minimum atomic E-state index is -3.76. The van der Waals surface area contributed by atoms with Gasteiger partial charge in [0.25, 0.3) is 5.69 Å². The number of nitrogen functional groups attached to an aromatic ring is 1. The van der Waals surface area contributed by atoms with Gasteiger partial charge in [0.2, 0.25) is 10.0 Å². The van der Waals surface area contributed by atoms with E-state index < -0.39 is 14.9 Å². The predicted octanol–water partition coefficient (Wildman–Crippen LogP) is 1.75. The monoisotopic (exact) mass is 301 g/mol. The van der Waals surface area contributed by atoms with E-state index in [2.05, 4.69) is 4.72 Å². The molecule has 1 rings (SSSR count). The van der Waals surface area contributed by atoms with Crippen LogP contribution in [0, 0.1) is 22.0 Å². The number of non-ortho nitro benzene ring substituents is 1. The number of rotatable bonds is 6. The van der Waals surface area contributed by atoms with Gasteiger partial charge in [0.15, 0.2) is 0 Å². The quantitative estimate of drug-likeness (QED) is 0.472. The molecule has 0 saturated heterocycles. The number of nitro groups is 1. The molecule has 1 aromatic carbocycles. The van der Waals surface area contributed by atoms with Crippen LogP contribution < -0.4 is 10.5 Å². The van der Waals surface area contributed by atoms with Crippen molar-refractivity contribution in [2.45, 2.75) is 25.7 Å². The van der Waals surface area contributed by atoms with Crippen molar-refractivity contribution in [2.24, 2.45) is 11.8 Å². The summed E-state index contributed by atoms with van der Waals surface area (Å²) in [5, 5.41) is 10.6. The van der Waals surface area contributed by atoms with Crippen molar-refractivity contribution in [1.29, 1.82) is 0 Å². The highest BCUT2D eigenvalue weighted by Crippen LogP contribution is 2.23. The first-order valence-electron chi connectivity index (χ1n) is 6.18. The Morgan fingerprint density at radius 2 is 1.95 bits per heavy atom. The van der Waals surface area contributed by atoms with Crippen LogP contribution in [0.2, 0.25) is 0 Å². The van der Waals surface area contributed by atoms with E-state index in [1.54, 1.807) is 0 Å². The molecule has 0 aromatic heterocycles. The van der Waals surface area contributed by atoms with Crippen LogP contribution in [-0.2, 0) is 10.0 Å². The summed E-state index contributed by atoms with van der Waals surface area (Å²) in [7, 11) is -3.76. The molecule has 0 spiro atoms. The molecule has 7 nitrogen and oxygen atoms in total. The summed E-state index contributed by atoms with van der Waals surface area (Å²) in [5.74, 6) is 0.510. The van der Waals surface area contributed by atoms with Gasteiger partial charge in [0, 0.05) is 18.7 Å². The first kappa shape index (κ1) is 16.4. The van der Waals surface area contributed by atoms with E-state index >= 15 is 0 Å². The van der Waals surface area contributed by atoms with Crippen LogP contribution in [0.25, 0.3) is 0 Å².